The smallest absolute Gasteiger partial charge is 0.373 e. The van der Waals surface area contributed by atoms with Crippen molar-refractivity contribution in [2.24, 2.45) is 5.92 Å². The van der Waals surface area contributed by atoms with Crippen LogP contribution in [0.2, 0.25) is 0 Å². The number of nitrogens with two attached hydrogens (primary N) is 1. The first kappa shape index (κ1) is 15.2. The van der Waals surface area contributed by atoms with Crippen molar-refractivity contribution in [1.29, 1.82) is 0 Å². The monoisotopic (exact) mass is 237 g/mol. The molecule has 0 spiro atoms. The van der Waals surface area contributed by atoms with Crippen molar-refractivity contribution >= 4 is 11.8 Å². The molecule has 0 fully saturated rings. The van der Waals surface area contributed by atoms with E-state index < -0.39 is 0 Å². The molecule has 4 nitrogen and oxygen atoms in total. The van der Waals surface area contributed by atoms with Crippen molar-refractivity contribution in [2.75, 3.05) is 5.73 Å². The normalized spacial score (nSPS) is 10.9. The number of benzene rings is 1. The number of carbonyl (C=O) groups excluding carboxylic acids is 2. The molecule has 94 valence electrons. The van der Waals surface area contributed by atoms with Crippen LogP contribution in [0.15, 0.2) is 18.2 Å². The van der Waals surface area contributed by atoms with Crippen molar-refractivity contribution in [3.8, 4) is 5.75 Å². The zero-order valence-corrected chi connectivity index (χ0v) is 10.3. The summed E-state index contributed by atoms with van der Waals surface area (Å²) < 4.78 is 0. The van der Waals surface area contributed by atoms with Gasteiger partial charge in [-0.2, -0.15) is 9.59 Å². The molecule has 0 aliphatic heterocycles. The molecule has 1 aromatic carbocycles. The highest BCUT2D eigenvalue weighted by Crippen LogP contribution is 2.22. The lowest BCUT2D eigenvalue weighted by molar-refractivity contribution is -0.191. The minimum Gasteiger partial charge on any atom is -0.506 e. The summed E-state index contributed by atoms with van der Waals surface area (Å²) in [4.78, 5) is 16.2. The molecular weight excluding hydrogens is 218 g/mol. The molecule has 0 heterocycles. The zero-order valence-electron chi connectivity index (χ0n) is 10.3. The lowest BCUT2D eigenvalue weighted by Crippen LogP contribution is -1.99. The van der Waals surface area contributed by atoms with E-state index in [1.54, 1.807) is 6.07 Å². The van der Waals surface area contributed by atoms with Crippen LogP contribution in [0, 0.1) is 5.92 Å². The zero-order chi connectivity index (χ0) is 13.3. The van der Waals surface area contributed by atoms with Gasteiger partial charge in [0.15, 0.2) is 0 Å². The molecule has 1 aromatic rings. The van der Waals surface area contributed by atoms with Gasteiger partial charge in [0.25, 0.3) is 0 Å². The van der Waals surface area contributed by atoms with Gasteiger partial charge in [-0.05, 0) is 30.0 Å². The maximum atomic E-state index is 9.26. The quantitative estimate of drug-likeness (QED) is 0.622. The Labute approximate surface area is 101 Å². The summed E-state index contributed by atoms with van der Waals surface area (Å²) in [5.74, 6) is 0.862. The minimum absolute atomic E-state index is 0.178. The van der Waals surface area contributed by atoms with Crippen molar-refractivity contribution in [3.63, 3.8) is 0 Å². The third-order valence-electron chi connectivity index (χ3n) is 2.46. The first-order valence-electron chi connectivity index (χ1n) is 5.61. The van der Waals surface area contributed by atoms with Crippen molar-refractivity contribution < 1.29 is 14.7 Å². The third kappa shape index (κ3) is 6.38. The second-order valence-electron chi connectivity index (χ2n) is 4.07. The molecule has 3 N–H and O–H groups in total. The van der Waals surface area contributed by atoms with Crippen LogP contribution in [0.4, 0.5) is 5.69 Å². The van der Waals surface area contributed by atoms with Crippen molar-refractivity contribution in [2.45, 2.75) is 33.1 Å². The standard InChI is InChI=1S/C12H19NO.CO2/c1-3-4-9(2)7-10-5-6-12(14)11(13)8-10;2-1-3/h5-6,8-9,14H,3-4,7,13H2,1-2H3;/t9-;/m1./s1. The fraction of sp³-hybridized carbons (Fsp3) is 0.462. The van der Waals surface area contributed by atoms with Crippen LogP contribution in [-0.2, 0) is 16.0 Å². The van der Waals surface area contributed by atoms with Gasteiger partial charge in [-0.15, -0.1) is 0 Å². The number of anilines is 1. The minimum atomic E-state index is 0.178. The first-order valence-corrected chi connectivity index (χ1v) is 5.61. The van der Waals surface area contributed by atoms with Crippen LogP contribution in [0.1, 0.15) is 32.3 Å². The second kappa shape index (κ2) is 8.36. The number of nitrogen functional groups attached to an aromatic ring is 1. The van der Waals surface area contributed by atoms with E-state index in [9.17, 15) is 5.11 Å². The summed E-state index contributed by atoms with van der Waals surface area (Å²) in [6.45, 7) is 4.44. The molecule has 17 heavy (non-hydrogen) atoms. The summed E-state index contributed by atoms with van der Waals surface area (Å²) in [6.07, 6.45) is 3.74. The van der Waals surface area contributed by atoms with Crippen molar-refractivity contribution in [1.82, 2.24) is 0 Å². The molecule has 0 bridgehead atoms. The fourth-order valence-corrected chi connectivity index (χ4v) is 1.73. The molecule has 0 saturated carbocycles. The predicted molar refractivity (Wildman–Crippen MR) is 65.3 cm³/mol. The Bertz CT molecular complexity index is 371. The summed E-state index contributed by atoms with van der Waals surface area (Å²) >= 11 is 0. The SMILES string of the molecule is CCC[C@@H](C)Cc1ccc(O)c(N)c1.O=C=O. The number of rotatable bonds is 4. The molecule has 0 aromatic heterocycles. The third-order valence-corrected chi connectivity index (χ3v) is 2.46. The van der Waals surface area contributed by atoms with E-state index >= 15 is 0 Å². The summed E-state index contributed by atoms with van der Waals surface area (Å²) in [5, 5.41) is 9.26. The van der Waals surface area contributed by atoms with Crippen LogP contribution in [0.3, 0.4) is 0 Å². The highest BCUT2D eigenvalue weighted by Gasteiger charge is 2.04. The number of phenols is 1. The van der Waals surface area contributed by atoms with Gasteiger partial charge in [0.2, 0.25) is 0 Å². The Morgan fingerprint density at radius 2 is 2.00 bits per heavy atom. The van der Waals surface area contributed by atoms with Gasteiger partial charge >= 0.3 is 6.15 Å². The number of hydrogen-bond acceptors (Lipinski definition) is 4. The van der Waals surface area contributed by atoms with Gasteiger partial charge in [-0.3, -0.25) is 0 Å². The van der Waals surface area contributed by atoms with E-state index in [0.29, 0.717) is 11.6 Å². The first-order chi connectivity index (χ1) is 8.04. The largest absolute Gasteiger partial charge is 0.506 e. The maximum Gasteiger partial charge on any atom is 0.373 e. The van der Waals surface area contributed by atoms with Crippen molar-refractivity contribution in [3.05, 3.63) is 23.8 Å². The summed E-state index contributed by atoms with van der Waals surface area (Å²) in [6, 6.07) is 5.47. The Morgan fingerprint density at radius 3 is 2.47 bits per heavy atom. The van der Waals surface area contributed by atoms with Gasteiger partial charge in [0, 0.05) is 0 Å². The molecule has 0 unspecified atom stereocenters. The second-order valence-corrected chi connectivity index (χ2v) is 4.07. The molecule has 0 aliphatic rings. The Kier molecular flexibility index (Phi) is 7.48. The number of phenolic OH excluding ortho intramolecular Hbond substituents is 1. The van der Waals surface area contributed by atoms with Gasteiger partial charge in [0.05, 0.1) is 5.69 Å². The van der Waals surface area contributed by atoms with Gasteiger partial charge < -0.3 is 10.8 Å². The van der Waals surface area contributed by atoms with Crippen LogP contribution >= 0.6 is 0 Å². The average Bonchev–Trinajstić information content (AvgIpc) is 2.25. The molecule has 0 amide bonds. The number of hydrogen-bond donors (Lipinski definition) is 2. The van der Waals surface area contributed by atoms with E-state index in [-0.39, 0.29) is 11.9 Å². The Hall–Kier alpha value is -1.80. The topological polar surface area (TPSA) is 80.4 Å². The highest BCUT2D eigenvalue weighted by atomic mass is 16.3. The molecule has 4 heteroatoms. The molecule has 0 radical (unpaired) electrons. The lowest BCUT2D eigenvalue weighted by Gasteiger charge is -2.10. The Morgan fingerprint density at radius 1 is 1.41 bits per heavy atom. The van der Waals surface area contributed by atoms with Crippen LogP contribution in [0.25, 0.3) is 0 Å². The Balaban J connectivity index is 0.000000770. The molecule has 1 atom stereocenters. The average molecular weight is 237 g/mol. The van der Waals surface area contributed by atoms with E-state index in [0.717, 1.165) is 6.42 Å². The van der Waals surface area contributed by atoms with Crippen LogP contribution in [0.5, 0.6) is 5.75 Å². The maximum absolute atomic E-state index is 9.26. The number of aromatic hydroxyl groups is 1. The van der Waals surface area contributed by atoms with E-state index in [4.69, 9.17) is 15.3 Å². The van der Waals surface area contributed by atoms with Crippen LogP contribution in [-0.4, -0.2) is 11.3 Å². The van der Waals surface area contributed by atoms with Gasteiger partial charge in [-0.1, -0.05) is 32.8 Å². The van der Waals surface area contributed by atoms with E-state index in [2.05, 4.69) is 13.8 Å². The predicted octanol–water partition coefficient (Wildman–Crippen LogP) is 2.37. The highest BCUT2D eigenvalue weighted by molar-refractivity contribution is 5.53. The molecule has 0 aliphatic carbocycles. The van der Waals surface area contributed by atoms with Gasteiger partial charge in [0.1, 0.15) is 5.75 Å². The molecule has 0 saturated heterocycles. The summed E-state index contributed by atoms with van der Waals surface area (Å²) in [7, 11) is 0. The van der Waals surface area contributed by atoms with E-state index in [1.807, 2.05) is 12.1 Å². The molecule has 1 rings (SSSR count). The molecular formula is C13H19NO3. The summed E-state index contributed by atoms with van der Waals surface area (Å²) in [5.41, 5.74) is 7.31. The fourth-order valence-electron chi connectivity index (χ4n) is 1.73. The van der Waals surface area contributed by atoms with E-state index in [1.165, 1.54) is 18.4 Å². The van der Waals surface area contributed by atoms with Crippen LogP contribution < -0.4 is 5.73 Å². The lowest BCUT2D eigenvalue weighted by atomic mass is 9.97. The van der Waals surface area contributed by atoms with Gasteiger partial charge in [-0.25, -0.2) is 0 Å².